The SMILES string of the molecule is CC(Cc1ccc(F)cc1)n1ccc(=O)[nH]c1=S. The molecule has 1 unspecified atom stereocenters. The highest BCUT2D eigenvalue weighted by molar-refractivity contribution is 7.71. The number of nitrogens with one attached hydrogen (secondary N) is 1. The molecule has 0 radical (unpaired) electrons. The lowest BCUT2D eigenvalue weighted by Gasteiger charge is -2.15. The monoisotopic (exact) mass is 264 g/mol. The first-order valence-electron chi connectivity index (χ1n) is 5.62. The van der Waals surface area contributed by atoms with Crippen molar-refractivity contribution in [2.45, 2.75) is 19.4 Å². The van der Waals surface area contributed by atoms with E-state index in [-0.39, 0.29) is 17.4 Å². The largest absolute Gasteiger partial charge is 0.322 e. The van der Waals surface area contributed by atoms with Crippen molar-refractivity contribution in [3.63, 3.8) is 0 Å². The minimum Gasteiger partial charge on any atom is -0.322 e. The molecule has 0 spiro atoms. The first kappa shape index (κ1) is 12.7. The van der Waals surface area contributed by atoms with Crippen LogP contribution in [0.25, 0.3) is 0 Å². The van der Waals surface area contributed by atoms with Crippen molar-refractivity contribution in [3.05, 3.63) is 63.0 Å². The molecule has 2 rings (SSSR count). The van der Waals surface area contributed by atoms with Gasteiger partial charge in [-0.05, 0) is 43.3 Å². The molecule has 0 bridgehead atoms. The van der Waals surface area contributed by atoms with E-state index in [9.17, 15) is 9.18 Å². The molecule has 0 aliphatic heterocycles. The number of rotatable bonds is 3. The predicted molar refractivity (Wildman–Crippen MR) is 70.7 cm³/mol. The van der Waals surface area contributed by atoms with Crippen molar-refractivity contribution in [3.8, 4) is 0 Å². The van der Waals surface area contributed by atoms with Crippen LogP contribution in [-0.4, -0.2) is 9.55 Å². The Morgan fingerprint density at radius 1 is 1.33 bits per heavy atom. The van der Waals surface area contributed by atoms with Gasteiger partial charge in [0.25, 0.3) is 5.56 Å². The molecule has 0 amide bonds. The second-order valence-electron chi connectivity index (χ2n) is 4.20. The van der Waals surface area contributed by atoms with Crippen LogP contribution in [0.4, 0.5) is 4.39 Å². The molecule has 1 atom stereocenters. The minimum atomic E-state index is -0.243. The van der Waals surface area contributed by atoms with E-state index in [1.54, 1.807) is 18.3 Å². The van der Waals surface area contributed by atoms with Crippen LogP contribution in [0.15, 0.2) is 41.3 Å². The van der Waals surface area contributed by atoms with Crippen molar-refractivity contribution in [2.24, 2.45) is 0 Å². The normalized spacial score (nSPS) is 12.3. The highest BCUT2D eigenvalue weighted by Gasteiger charge is 2.06. The van der Waals surface area contributed by atoms with Gasteiger partial charge in [0, 0.05) is 18.3 Å². The molecule has 1 aromatic heterocycles. The summed E-state index contributed by atoms with van der Waals surface area (Å²) in [5.74, 6) is -0.243. The van der Waals surface area contributed by atoms with Crippen LogP contribution in [0.3, 0.4) is 0 Å². The maximum atomic E-state index is 12.8. The Labute approximate surface area is 109 Å². The molecular formula is C13H13FN2OS. The zero-order valence-electron chi connectivity index (χ0n) is 9.89. The highest BCUT2D eigenvalue weighted by Crippen LogP contribution is 2.14. The van der Waals surface area contributed by atoms with Crippen molar-refractivity contribution < 1.29 is 4.39 Å². The van der Waals surface area contributed by atoms with Crippen LogP contribution < -0.4 is 5.56 Å². The predicted octanol–water partition coefficient (Wildman–Crippen LogP) is 2.85. The van der Waals surface area contributed by atoms with Gasteiger partial charge in [-0.1, -0.05) is 12.1 Å². The Bertz CT molecular complexity index is 645. The summed E-state index contributed by atoms with van der Waals surface area (Å²) < 4.78 is 15.0. The van der Waals surface area contributed by atoms with Crippen molar-refractivity contribution in [2.75, 3.05) is 0 Å². The number of aromatic amines is 1. The fourth-order valence-corrected chi connectivity index (χ4v) is 2.18. The van der Waals surface area contributed by atoms with Gasteiger partial charge in [-0.25, -0.2) is 4.39 Å². The molecule has 3 nitrogen and oxygen atoms in total. The lowest BCUT2D eigenvalue weighted by molar-refractivity contribution is 0.524. The minimum absolute atomic E-state index is 0.0970. The third-order valence-electron chi connectivity index (χ3n) is 2.77. The Hall–Kier alpha value is -1.75. The lowest BCUT2D eigenvalue weighted by Crippen LogP contribution is -2.15. The highest BCUT2D eigenvalue weighted by atomic mass is 32.1. The first-order valence-corrected chi connectivity index (χ1v) is 6.03. The fourth-order valence-electron chi connectivity index (χ4n) is 1.83. The van der Waals surface area contributed by atoms with Gasteiger partial charge in [0.05, 0.1) is 0 Å². The fraction of sp³-hybridized carbons (Fsp3) is 0.231. The molecule has 0 aliphatic rings. The summed E-state index contributed by atoms with van der Waals surface area (Å²) in [6, 6.07) is 7.92. The molecule has 0 aliphatic carbocycles. The van der Waals surface area contributed by atoms with Gasteiger partial charge in [-0.15, -0.1) is 0 Å². The molecule has 1 N–H and O–H groups in total. The number of hydrogen-bond donors (Lipinski definition) is 1. The van der Waals surface area contributed by atoms with Crippen LogP contribution in [0, 0.1) is 10.6 Å². The van der Waals surface area contributed by atoms with Gasteiger partial charge >= 0.3 is 0 Å². The Morgan fingerprint density at radius 3 is 2.61 bits per heavy atom. The van der Waals surface area contributed by atoms with Gasteiger partial charge in [0.15, 0.2) is 4.77 Å². The first-order chi connectivity index (χ1) is 8.56. The number of benzene rings is 1. The standard InChI is InChI=1S/C13H13FN2OS/c1-9(8-10-2-4-11(14)5-3-10)16-7-6-12(17)15-13(16)18/h2-7,9H,8H2,1H3,(H,15,17,18). The van der Waals surface area contributed by atoms with E-state index in [1.807, 2.05) is 11.5 Å². The lowest BCUT2D eigenvalue weighted by atomic mass is 10.1. The summed E-state index contributed by atoms with van der Waals surface area (Å²) in [6.45, 7) is 2.00. The zero-order chi connectivity index (χ0) is 13.1. The second kappa shape index (κ2) is 5.27. The molecule has 0 saturated heterocycles. The van der Waals surface area contributed by atoms with E-state index < -0.39 is 0 Å². The molecule has 5 heteroatoms. The smallest absolute Gasteiger partial charge is 0.251 e. The number of H-pyrrole nitrogens is 1. The van der Waals surface area contributed by atoms with Crippen LogP contribution in [0.1, 0.15) is 18.5 Å². The Balaban J connectivity index is 2.21. The molecule has 18 heavy (non-hydrogen) atoms. The average Bonchev–Trinajstić information content (AvgIpc) is 2.32. The second-order valence-corrected chi connectivity index (χ2v) is 4.58. The quantitative estimate of drug-likeness (QED) is 0.866. The molecule has 1 aromatic carbocycles. The molecule has 0 fully saturated rings. The summed E-state index contributed by atoms with van der Waals surface area (Å²) in [7, 11) is 0. The van der Waals surface area contributed by atoms with E-state index in [4.69, 9.17) is 12.2 Å². The molecular weight excluding hydrogens is 251 g/mol. The van der Waals surface area contributed by atoms with E-state index in [0.29, 0.717) is 4.77 Å². The van der Waals surface area contributed by atoms with Gasteiger partial charge in [0.2, 0.25) is 0 Å². The Morgan fingerprint density at radius 2 is 2.00 bits per heavy atom. The molecule has 2 aromatic rings. The van der Waals surface area contributed by atoms with Crippen LogP contribution in [0.2, 0.25) is 0 Å². The number of hydrogen-bond acceptors (Lipinski definition) is 2. The summed E-state index contributed by atoms with van der Waals surface area (Å²) in [6.07, 6.45) is 2.40. The summed E-state index contributed by atoms with van der Waals surface area (Å²) >= 11 is 5.10. The third-order valence-corrected chi connectivity index (χ3v) is 3.08. The van der Waals surface area contributed by atoms with E-state index in [2.05, 4.69) is 4.98 Å². The zero-order valence-corrected chi connectivity index (χ0v) is 10.7. The number of nitrogens with zero attached hydrogens (tertiary/aromatic N) is 1. The van der Waals surface area contributed by atoms with Gasteiger partial charge in [-0.2, -0.15) is 0 Å². The van der Waals surface area contributed by atoms with Crippen molar-refractivity contribution in [1.82, 2.24) is 9.55 Å². The maximum absolute atomic E-state index is 12.8. The number of halogens is 1. The van der Waals surface area contributed by atoms with Gasteiger partial charge in [0.1, 0.15) is 5.82 Å². The van der Waals surface area contributed by atoms with Crippen LogP contribution in [0.5, 0.6) is 0 Å². The van der Waals surface area contributed by atoms with Gasteiger partial charge < -0.3 is 4.57 Å². The van der Waals surface area contributed by atoms with E-state index >= 15 is 0 Å². The van der Waals surface area contributed by atoms with Crippen molar-refractivity contribution in [1.29, 1.82) is 0 Å². The molecule has 1 heterocycles. The van der Waals surface area contributed by atoms with Crippen LogP contribution in [-0.2, 0) is 6.42 Å². The summed E-state index contributed by atoms with van der Waals surface area (Å²) in [5, 5.41) is 0. The third kappa shape index (κ3) is 2.92. The van der Waals surface area contributed by atoms with Crippen molar-refractivity contribution >= 4 is 12.2 Å². The molecule has 0 saturated carbocycles. The summed E-state index contributed by atoms with van der Waals surface area (Å²) in [5.41, 5.74) is 0.822. The topological polar surface area (TPSA) is 37.8 Å². The molecule has 94 valence electrons. The summed E-state index contributed by atoms with van der Waals surface area (Å²) in [4.78, 5) is 13.7. The van der Waals surface area contributed by atoms with Crippen LogP contribution >= 0.6 is 12.2 Å². The van der Waals surface area contributed by atoms with Gasteiger partial charge in [-0.3, -0.25) is 9.78 Å². The maximum Gasteiger partial charge on any atom is 0.251 e. The van der Waals surface area contributed by atoms with E-state index in [1.165, 1.54) is 18.2 Å². The Kier molecular flexibility index (Phi) is 3.72. The number of aromatic nitrogens is 2. The average molecular weight is 264 g/mol. The van der Waals surface area contributed by atoms with E-state index in [0.717, 1.165) is 12.0 Å².